The van der Waals surface area contributed by atoms with Crippen LogP contribution in [0.1, 0.15) is 13.3 Å². The van der Waals surface area contributed by atoms with Crippen molar-refractivity contribution in [3.63, 3.8) is 0 Å². The Morgan fingerprint density at radius 3 is 2.69 bits per heavy atom. The molecule has 0 spiro atoms. The summed E-state index contributed by atoms with van der Waals surface area (Å²) in [5.74, 6) is 0.992. The number of sulfone groups is 1. The summed E-state index contributed by atoms with van der Waals surface area (Å²) in [7, 11) is -1.35. The van der Waals surface area contributed by atoms with Gasteiger partial charge in [0.2, 0.25) is 0 Å². The van der Waals surface area contributed by atoms with Crippen molar-refractivity contribution in [3.05, 3.63) is 24.3 Å². The highest BCUT2D eigenvalue weighted by Crippen LogP contribution is 2.22. The number of rotatable bonds is 5. The molecule has 8 heteroatoms. The van der Waals surface area contributed by atoms with Crippen molar-refractivity contribution >= 4 is 21.4 Å². The molecule has 3 rings (SSSR count). The lowest BCUT2D eigenvalue weighted by Gasteiger charge is -2.34. The molecule has 0 aromatic heterocycles. The zero-order valence-electron chi connectivity index (χ0n) is 15.5. The molecule has 7 nitrogen and oxygen atoms in total. The number of piperazine rings is 1. The van der Waals surface area contributed by atoms with Crippen LogP contribution in [0.15, 0.2) is 24.3 Å². The fraction of sp³-hybridized carbons (Fsp3) is 0.611. The van der Waals surface area contributed by atoms with Crippen LogP contribution in [0.2, 0.25) is 0 Å². The Bertz CT molecular complexity index is 759. The van der Waals surface area contributed by atoms with Crippen molar-refractivity contribution in [1.29, 1.82) is 0 Å². The highest BCUT2D eigenvalue weighted by molar-refractivity contribution is 7.91. The maximum Gasteiger partial charge on any atom is 0.275 e. The minimum atomic E-state index is -3.01. The maximum atomic E-state index is 12.4. The number of carbonyl (C=O) groups excluding carboxylic acids is 1. The third-order valence-corrected chi connectivity index (χ3v) is 7.15. The van der Waals surface area contributed by atoms with E-state index in [4.69, 9.17) is 4.74 Å². The van der Waals surface area contributed by atoms with Gasteiger partial charge in [0.15, 0.2) is 16.4 Å². The summed E-state index contributed by atoms with van der Waals surface area (Å²) in [6.07, 6.45) is 0.500. The number of methoxy groups -OCH3 is 1. The number of ether oxygens (including phenoxy) is 1. The lowest BCUT2D eigenvalue weighted by atomic mass is 10.0. The topological polar surface area (TPSA) is 80.2 Å². The quantitative estimate of drug-likeness (QED) is 0.690. The molecule has 1 aromatic carbocycles. The summed E-state index contributed by atoms with van der Waals surface area (Å²) >= 11 is 0. The van der Waals surface area contributed by atoms with Crippen molar-refractivity contribution in [1.82, 2.24) is 5.32 Å². The average Bonchev–Trinajstić information content (AvgIpc) is 2.88. The molecule has 0 radical (unpaired) electrons. The molecule has 144 valence electrons. The van der Waals surface area contributed by atoms with Crippen molar-refractivity contribution < 1.29 is 22.8 Å². The van der Waals surface area contributed by atoms with Gasteiger partial charge in [-0.05, 0) is 25.5 Å². The first-order chi connectivity index (χ1) is 12.3. The number of amides is 1. The lowest BCUT2D eigenvalue weighted by molar-refractivity contribution is -0.892. The molecule has 2 aliphatic rings. The van der Waals surface area contributed by atoms with Gasteiger partial charge in [-0.2, -0.15) is 0 Å². The Labute approximate surface area is 155 Å². The molecule has 2 N–H and O–H groups in total. The van der Waals surface area contributed by atoms with Gasteiger partial charge >= 0.3 is 0 Å². The molecule has 0 bridgehead atoms. The first-order valence-corrected chi connectivity index (χ1v) is 10.8. The second-order valence-electron chi connectivity index (χ2n) is 7.57. The van der Waals surface area contributed by atoms with Crippen molar-refractivity contribution in [2.75, 3.05) is 56.2 Å². The third kappa shape index (κ3) is 4.67. The van der Waals surface area contributed by atoms with Crippen LogP contribution >= 0.6 is 0 Å². The number of hydrogen-bond donors (Lipinski definition) is 2. The number of benzene rings is 1. The summed E-state index contributed by atoms with van der Waals surface area (Å²) in [4.78, 5) is 15.9. The zero-order valence-corrected chi connectivity index (χ0v) is 16.3. The van der Waals surface area contributed by atoms with Gasteiger partial charge in [0, 0.05) is 11.8 Å². The zero-order chi connectivity index (χ0) is 18.8. The Morgan fingerprint density at radius 1 is 1.35 bits per heavy atom. The summed E-state index contributed by atoms with van der Waals surface area (Å²) in [6.45, 7) is 5.72. The van der Waals surface area contributed by atoms with Gasteiger partial charge in [-0.25, -0.2) is 8.42 Å². The van der Waals surface area contributed by atoms with Gasteiger partial charge in [-0.3, -0.25) is 4.79 Å². The van der Waals surface area contributed by atoms with E-state index in [1.807, 2.05) is 25.1 Å². The molecule has 2 fully saturated rings. The second-order valence-corrected chi connectivity index (χ2v) is 9.75. The molecule has 0 aliphatic carbocycles. The van der Waals surface area contributed by atoms with Crippen LogP contribution in [-0.4, -0.2) is 71.2 Å². The summed E-state index contributed by atoms with van der Waals surface area (Å²) in [6, 6.07) is 8.01. The van der Waals surface area contributed by atoms with Crippen LogP contribution in [-0.2, 0) is 14.6 Å². The van der Waals surface area contributed by atoms with E-state index in [1.165, 1.54) is 4.90 Å². The standard InChI is InChI=1S/C18H27N3O4S/c1-18(6-11-26(23,24)14-18)19-17(22)13-20-7-9-21(10-8-20)15-4-3-5-16(12-15)25-2/h3-5,12H,6-11,13-14H2,1-2H3,(H,19,22)/p+1/t18-/m1/s1. The molecule has 1 atom stereocenters. The van der Waals surface area contributed by atoms with E-state index >= 15 is 0 Å². The largest absolute Gasteiger partial charge is 0.497 e. The molecule has 2 saturated heterocycles. The van der Waals surface area contributed by atoms with Gasteiger partial charge < -0.3 is 19.9 Å². The van der Waals surface area contributed by atoms with Crippen LogP contribution in [0.25, 0.3) is 0 Å². The first kappa shape index (κ1) is 19.0. The molecule has 2 heterocycles. The van der Waals surface area contributed by atoms with Crippen LogP contribution in [0.3, 0.4) is 0 Å². The predicted molar refractivity (Wildman–Crippen MR) is 101 cm³/mol. The van der Waals surface area contributed by atoms with E-state index in [0.717, 1.165) is 37.6 Å². The minimum Gasteiger partial charge on any atom is -0.497 e. The van der Waals surface area contributed by atoms with E-state index in [-0.39, 0.29) is 17.4 Å². The van der Waals surface area contributed by atoms with Crippen LogP contribution < -0.4 is 19.9 Å². The summed E-state index contributed by atoms with van der Waals surface area (Å²) in [5, 5.41) is 2.95. The van der Waals surface area contributed by atoms with Crippen LogP contribution in [0.5, 0.6) is 5.75 Å². The Kier molecular flexibility index (Phi) is 5.43. The lowest BCUT2D eigenvalue weighted by Crippen LogP contribution is -3.16. The van der Waals surface area contributed by atoms with E-state index in [2.05, 4.69) is 16.3 Å². The Balaban J connectivity index is 1.48. The predicted octanol–water partition coefficient (Wildman–Crippen LogP) is -0.906. The van der Waals surface area contributed by atoms with E-state index in [1.54, 1.807) is 7.11 Å². The third-order valence-electron chi connectivity index (χ3n) is 5.24. The molecule has 0 saturated carbocycles. The first-order valence-electron chi connectivity index (χ1n) is 9.03. The molecular formula is C18H28N3O4S+. The number of nitrogens with one attached hydrogen (secondary N) is 2. The maximum absolute atomic E-state index is 12.4. The molecule has 2 aliphatic heterocycles. The number of anilines is 1. The van der Waals surface area contributed by atoms with Crippen molar-refractivity contribution in [2.45, 2.75) is 18.9 Å². The molecular weight excluding hydrogens is 354 g/mol. The smallest absolute Gasteiger partial charge is 0.275 e. The van der Waals surface area contributed by atoms with Crippen LogP contribution in [0, 0.1) is 0 Å². The van der Waals surface area contributed by atoms with E-state index < -0.39 is 15.4 Å². The number of quaternary nitrogens is 1. The molecule has 0 unspecified atom stereocenters. The summed E-state index contributed by atoms with van der Waals surface area (Å²) in [5.41, 5.74) is 0.522. The van der Waals surface area contributed by atoms with E-state index in [0.29, 0.717) is 13.0 Å². The van der Waals surface area contributed by atoms with Gasteiger partial charge in [-0.1, -0.05) is 6.07 Å². The van der Waals surface area contributed by atoms with Crippen LogP contribution in [0.4, 0.5) is 5.69 Å². The number of nitrogens with zero attached hydrogens (tertiary/aromatic N) is 1. The summed E-state index contributed by atoms with van der Waals surface area (Å²) < 4.78 is 28.6. The van der Waals surface area contributed by atoms with Gasteiger partial charge in [0.1, 0.15) is 5.75 Å². The van der Waals surface area contributed by atoms with Crippen molar-refractivity contribution in [3.8, 4) is 5.75 Å². The monoisotopic (exact) mass is 382 g/mol. The fourth-order valence-electron chi connectivity index (χ4n) is 3.78. The normalized spacial score (nSPS) is 25.8. The Hall–Kier alpha value is -1.80. The average molecular weight is 383 g/mol. The second kappa shape index (κ2) is 7.44. The van der Waals surface area contributed by atoms with Gasteiger partial charge in [0.05, 0.1) is 50.3 Å². The molecule has 26 heavy (non-hydrogen) atoms. The van der Waals surface area contributed by atoms with E-state index in [9.17, 15) is 13.2 Å². The van der Waals surface area contributed by atoms with Crippen molar-refractivity contribution in [2.24, 2.45) is 0 Å². The highest BCUT2D eigenvalue weighted by Gasteiger charge is 2.40. The highest BCUT2D eigenvalue weighted by atomic mass is 32.2. The number of carbonyl (C=O) groups is 1. The molecule has 1 amide bonds. The molecule has 1 aromatic rings. The Morgan fingerprint density at radius 2 is 2.08 bits per heavy atom. The fourth-order valence-corrected chi connectivity index (χ4v) is 5.88. The SMILES string of the molecule is COc1cccc(N2CC[NH+](CC(=O)N[C@]3(C)CCS(=O)(=O)C3)CC2)c1. The van der Waals surface area contributed by atoms with Gasteiger partial charge in [-0.15, -0.1) is 0 Å². The van der Waals surface area contributed by atoms with Gasteiger partial charge in [0.25, 0.3) is 5.91 Å². The minimum absolute atomic E-state index is 0.0463. The number of hydrogen-bond acceptors (Lipinski definition) is 5.